The Morgan fingerprint density at radius 1 is 1.47 bits per heavy atom. The minimum Gasteiger partial charge on any atom is -0.348 e. The zero-order chi connectivity index (χ0) is 12.1. The third kappa shape index (κ3) is 2.58. The molecule has 0 aliphatic rings. The number of nitrogens with zero attached hydrogens (tertiary/aromatic N) is 2. The highest BCUT2D eigenvalue weighted by Crippen LogP contribution is 2.11. The molecule has 7 heteroatoms. The number of hydrogen-bond acceptors (Lipinski definition) is 5. The summed E-state index contributed by atoms with van der Waals surface area (Å²) in [4.78, 5) is 15.7. The van der Waals surface area contributed by atoms with Crippen molar-refractivity contribution in [1.29, 1.82) is 0 Å². The maximum atomic E-state index is 11.8. The van der Waals surface area contributed by atoms with E-state index in [-0.39, 0.29) is 5.91 Å². The molecule has 2 rings (SSSR count). The van der Waals surface area contributed by atoms with E-state index in [1.54, 1.807) is 24.7 Å². The Morgan fingerprint density at radius 3 is 3.06 bits per heavy atom. The van der Waals surface area contributed by atoms with Crippen molar-refractivity contribution in [3.63, 3.8) is 0 Å². The lowest BCUT2D eigenvalue weighted by atomic mass is 10.2. The molecule has 0 aliphatic heterocycles. The van der Waals surface area contributed by atoms with Gasteiger partial charge in [0.15, 0.2) is 0 Å². The summed E-state index contributed by atoms with van der Waals surface area (Å²) in [7, 11) is 0. The van der Waals surface area contributed by atoms with Gasteiger partial charge in [0.25, 0.3) is 5.91 Å². The fraction of sp³-hybridized carbons (Fsp3) is 0.100. The molecule has 0 radical (unpaired) electrons. The molecular formula is C10H12N6O. The number of H-pyrrole nitrogens is 1. The molecule has 17 heavy (non-hydrogen) atoms. The Morgan fingerprint density at radius 2 is 2.35 bits per heavy atom. The molecule has 2 aromatic heterocycles. The molecule has 0 unspecified atom stereocenters. The fourth-order valence-corrected chi connectivity index (χ4v) is 1.35. The largest absolute Gasteiger partial charge is 0.348 e. The molecule has 1 amide bonds. The molecule has 0 spiro atoms. The molecule has 0 saturated heterocycles. The number of carbonyl (C=O) groups excluding carboxylic acids is 1. The molecular weight excluding hydrogens is 220 g/mol. The predicted octanol–water partition coefficient (Wildman–Crippen LogP) is 0.0203. The molecule has 5 N–H and O–H groups in total. The van der Waals surface area contributed by atoms with Crippen LogP contribution >= 0.6 is 0 Å². The van der Waals surface area contributed by atoms with E-state index in [2.05, 4.69) is 25.9 Å². The third-order valence-electron chi connectivity index (χ3n) is 2.23. The van der Waals surface area contributed by atoms with Gasteiger partial charge in [-0.05, 0) is 6.07 Å². The Hall–Kier alpha value is -2.41. The Balaban J connectivity index is 2.04. The van der Waals surface area contributed by atoms with Crippen molar-refractivity contribution in [2.75, 3.05) is 5.43 Å². The highest BCUT2D eigenvalue weighted by Gasteiger charge is 2.10. The van der Waals surface area contributed by atoms with Crippen molar-refractivity contribution >= 4 is 11.6 Å². The standard InChI is InChI=1S/C10H12N6O/c11-16-9-1-2-12-6-8(9)10(17)13-3-7-4-14-15-5-7/h1-2,4-6H,3,11H2,(H,12,16)(H,13,17)(H,14,15). The van der Waals surface area contributed by atoms with Crippen molar-refractivity contribution in [3.05, 3.63) is 42.0 Å². The number of hydrazine groups is 1. The first-order chi connectivity index (χ1) is 8.31. The highest BCUT2D eigenvalue weighted by molar-refractivity contribution is 5.99. The van der Waals surface area contributed by atoms with Crippen LogP contribution in [0.25, 0.3) is 0 Å². The van der Waals surface area contributed by atoms with Crippen LogP contribution in [0.3, 0.4) is 0 Å². The fourth-order valence-electron chi connectivity index (χ4n) is 1.35. The summed E-state index contributed by atoms with van der Waals surface area (Å²) in [6.07, 6.45) is 6.37. The van der Waals surface area contributed by atoms with Gasteiger partial charge in [-0.25, -0.2) is 0 Å². The molecule has 0 aromatic carbocycles. The molecule has 0 aliphatic carbocycles. The molecule has 2 heterocycles. The Bertz CT molecular complexity index is 495. The van der Waals surface area contributed by atoms with E-state index in [0.29, 0.717) is 17.8 Å². The number of carbonyl (C=O) groups is 1. The third-order valence-corrected chi connectivity index (χ3v) is 2.23. The number of nitrogen functional groups attached to an aromatic ring is 1. The number of aromatic amines is 1. The minimum absolute atomic E-state index is 0.243. The van der Waals surface area contributed by atoms with E-state index in [9.17, 15) is 4.79 Å². The molecule has 0 atom stereocenters. The second-order valence-corrected chi connectivity index (χ2v) is 3.35. The SMILES string of the molecule is NNc1ccncc1C(=O)NCc1cn[nH]c1. The summed E-state index contributed by atoms with van der Waals surface area (Å²) >= 11 is 0. The van der Waals surface area contributed by atoms with Crippen LogP contribution in [0.2, 0.25) is 0 Å². The molecule has 0 bridgehead atoms. The summed E-state index contributed by atoms with van der Waals surface area (Å²) in [5.74, 6) is 5.06. The van der Waals surface area contributed by atoms with Crippen LogP contribution in [0.5, 0.6) is 0 Å². The van der Waals surface area contributed by atoms with Crippen LogP contribution in [-0.2, 0) is 6.54 Å². The monoisotopic (exact) mass is 232 g/mol. The number of anilines is 1. The van der Waals surface area contributed by atoms with Crippen LogP contribution in [-0.4, -0.2) is 21.1 Å². The summed E-state index contributed by atoms with van der Waals surface area (Å²) in [6, 6.07) is 1.63. The van der Waals surface area contributed by atoms with Crippen molar-refractivity contribution in [2.45, 2.75) is 6.54 Å². The van der Waals surface area contributed by atoms with E-state index in [1.807, 2.05) is 0 Å². The summed E-state index contributed by atoms with van der Waals surface area (Å²) in [5.41, 5.74) is 4.28. The lowest BCUT2D eigenvalue weighted by Crippen LogP contribution is -2.24. The van der Waals surface area contributed by atoms with E-state index >= 15 is 0 Å². The minimum atomic E-state index is -0.243. The maximum Gasteiger partial charge on any atom is 0.255 e. The zero-order valence-corrected chi connectivity index (χ0v) is 8.97. The zero-order valence-electron chi connectivity index (χ0n) is 8.97. The summed E-state index contributed by atoms with van der Waals surface area (Å²) < 4.78 is 0. The lowest BCUT2D eigenvalue weighted by Gasteiger charge is -2.07. The van der Waals surface area contributed by atoms with Gasteiger partial charge < -0.3 is 10.7 Å². The van der Waals surface area contributed by atoms with Crippen LogP contribution in [0, 0.1) is 0 Å². The first kappa shape index (κ1) is 11.1. The van der Waals surface area contributed by atoms with E-state index in [4.69, 9.17) is 5.84 Å². The highest BCUT2D eigenvalue weighted by atomic mass is 16.1. The van der Waals surface area contributed by atoms with Gasteiger partial charge in [0.2, 0.25) is 0 Å². The van der Waals surface area contributed by atoms with Gasteiger partial charge in [0, 0.05) is 30.7 Å². The summed E-state index contributed by atoms with van der Waals surface area (Å²) in [5, 5.41) is 9.20. The average Bonchev–Trinajstić information content (AvgIpc) is 2.89. The van der Waals surface area contributed by atoms with Gasteiger partial charge in [-0.1, -0.05) is 0 Å². The van der Waals surface area contributed by atoms with E-state index in [0.717, 1.165) is 5.56 Å². The van der Waals surface area contributed by atoms with Crippen LogP contribution in [0.1, 0.15) is 15.9 Å². The average molecular weight is 232 g/mol. The van der Waals surface area contributed by atoms with Crippen molar-refractivity contribution in [1.82, 2.24) is 20.5 Å². The molecule has 0 saturated carbocycles. The van der Waals surface area contributed by atoms with Gasteiger partial charge in [-0.2, -0.15) is 5.10 Å². The number of hydrogen-bond donors (Lipinski definition) is 4. The molecule has 88 valence electrons. The first-order valence-electron chi connectivity index (χ1n) is 4.97. The number of rotatable bonds is 4. The maximum absolute atomic E-state index is 11.8. The summed E-state index contributed by atoms with van der Waals surface area (Å²) in [6.45, 7) is 0.397. The number of pyridine rings is 1. The van der Waals surface area contributed by atoms with Gasteiger partial charge >= 0.3 is 0 Å². The number of amides is 1. The quantitative estimate of drug-likeness (QED) is 0.439. The van der Waals surface area contributed by atoms with Crippen molar-refractivity contribution in [3.8, 4) is 0 Å². The van der Waals surface area contributed by atoms with Crippen LogP contribution < -0.4 is 16.6 Å². The molecule has 7 nitrogen and oxygen atoms in total. The number of nitrogens with two attached hydrogens (primary N) is 1. The van der Waals surface area contributed by atoms with Crippen molar-refractivity contribution in [2.24, 2.45) is 5.84 Å². The van der Waals surface area contributed by atoms with Gasteiger partial charge in [-0.15, -0.1) is 0 Å². The van der Waals surface area contributed by atoms with E-state index < -0.39 is 0 Å². The topological polar surface area (TPSA) is 109 Å². The second kappa shape index (κ2) is 5.08. The molecule has 2 aromatic rings. The second-order valence-electron chi connectivity index (χ2n) is 3.35. The lowest BCUT2D eigenvalue weighted by molar-refractivity contribution is 0.0951. The van der Waals surface area contributed by atoms with Crippen LogP contribution in [0.4, 0.5) is 5.69 Å². The smallest absolute Gasteiger partial charge is 0.255 e. The Labute approximate surface area is 97.4 Å². The number of aromatic nitrogens is 3. The van der Waals surface area contributed by atoms with E-state index in [1.165, 1.54) is 6.20 Å². The number of nitrogens with one attached hydrogen (secondary N) is 3. The predicted molar refractivity (Wildman–Crippen MR) is 61.8 cm³/mol. The van der Waals surface area contributed by atoms with Gasteiger partial charge in [-0.3, -0.25) is 20.7 Å². The first-order valence-corrected chi connectivity index (χ1v) is 4.97. The normalized spacial score (nSPS) is 9.94. The Kier molecular flexibility index (Phi) is 3.31. The molecule has 0 fully saturated rings. The van der Waals surface area contributed by atoms with Gasteiger partial charge in [0.1, 0.15) is 0 Å². The van der Waals surface area contributed by atoms with Gasteiger partial charge in [0.05, 0.1) is 17.4 Å². The van der Waals surface area contributed by atoms with Crippen molar-refractivity contribution < 1.29 is 4.79 Å². The van der Waals surface area contributed by atoms with Crippen LogP contribution in [0.15, 0.2) is 30.9 Å².